The number of likely N-dealkylation sites (tertiary alicyclic amines) is 1. The van der Waals surface area contributed by atoms with Gasteiger partial charge in [0.25, 0.3) is 0 Å². The predicted octanol–water partition coefficient (Wildman–Crippen LogP) is 2.49. The maximum atomic E-state index is 12.4. The Morgan fingerprint density at radius 3 is 2.95 bits per heavy atom. The second-order valence-corrected chi connectivity index (χ2v) is 6.27. The molecule has 114 valence electrons. The molecule has 3 heterocycles. The average Bonchev–Trinajstić information content (AvgIpc) is 3.16. The summed E-state index contributed by atoms with van der Waals surface area (Å²) in [4.78, 5) is 30.1. The van der Waals surface area contributed by atoms with Gasteiger partial charge in [-0.25, -0.2) is 0 Å². The number of nitrogens with one attached hydrogen (secondary N) is 1. The monoisotopic (exact) mass is 315 g/mol. The van der Waals surface area contributed by atoms with Gasteiger partial charge in [0.15, 0.2) is 0 Å². The summed E-state index contributed by atoms with van der Waals surface area (Å²) in [5.74, 6) is -0.767. The molecular formula is C16H17N3O2S. The Morgan fingerprint density at radius 1 is 1.41 bits per heavy atom. The van der Waals surface area contributed by atoms with Crippen LogP contribution in [0.15, 0.2) is 41.4 Å². The molecule has 1 N–H and O–H groups in total. The van der Waals surface area contributed by atoms with Crippen LogP contribution in [0.1, 0.15) is 24.8 Å². The lowest BCUT2D eigenvalue weighted by atomic mass is 10.00. The van der Waals surface area contributed by atoms with Gasteiger partial charge in [-0.15, -0.1) is 0 Å². The number of carbonyl (C=O) groups excluding carboxylic acids is 2. The summed E-state index contributed by atoms with van der Waals surface area (Å²) < 4.78 is 0. The van der Waals surface area contributed by atoms with Crippen molar-refractivity contribution in [3.63, 3.8) is 0 Å². The molecular weight excluding hydrogens is 298 g/mol. The van der Waals surface area contributed by atoms with Crippen LogP contribution in [-0.2, 0) is 9.59 Å². The zero-order valence-corrected chi connectivity index (χ0v) is 13.0. The van der Waals surface area contributed by atoms with Crippen molar-refractivity contribution in [2.75, 3.05) is 11.9 Å². The number of pyridine rings is 1. The Morgan fingerprint density at radius 2 is 2.27 bits per heavy atom. The number of aromatic nitrogens is 1. The third kappa shape index (κ3) is 3.01. The fraction of sp³-hybridized carbons (Fsp3) is 0.312. The predicted molar refractivity (Wildman–Crippen MR) is 85.7 cm³/mol. The molecule has 1 saturated heterocycles. The van der Waals surface area contributed by atoms with E-state index in [0.717, 1.165) is 6.42 Å². The van der Waals surface area contributed by atoms with E-state index in [9.17, 15) is 9.59 Å². The lowest BCUT2D eigenvalue weighted by molar-refractivity contribution is -0.143. The summed E-state index contributed by atoms with van der Waals surface area (Å²) in [6.45, 7) is 2.58. The largest absolute Gasteiger partial charge is 0.331 e. The van der Waals surface area contributed by atoms with E-state index in [1.54, 1.807) is 34.6 Å². The Bertz CT molecular complexity index is 657. The highest BCUT2D eigenvalue weighted by Crippen LogP contribution is 2.32. The first-order valence-corrected chi connectivity index (χ1v) is 8.13. The van der Waals surface area contributed by atoms with Crippen molar-refractivity contribution in [2.24, 2.45) is 0 Å². The minimum atomic E-state index is -0.606. The normalized spacial score (nSPS) is 20.9. The minimum absolute atomic E-state index is 0.0667. The first-order chi connectivity index (χ1) is 10.6. The molecule has 2 atom stereocenters. The quantitative estimate of drug-likeness (QED) is 0.866. The lowest BCUT2D eigenvalue weighted by Crippen LogP contribution is -2.41. The van der Waals surface area contributed by atoms with Gasteiger partial charge >= 0.3 is 11.8 Å². The van der Waals surface area contributed by atoms with Crippen molar-refractivity contribution in [2.45, 2.75) is 25.3 Å². The summed E-state index contributed by atoms with van der Waals surface area (Å²) in [7, 11) is 0. The molecule has 2 amide bonds. The van der Waals surface area contributed by atoms with E-state index in [1.165, 1.54) is 11.8 Å². The standard InChI is InChI=1S/C16H17N3O2S/c1-11-7-13(12-4-6-22-10-12)9-19(11)16(21)15(20)18-14-3-2-5-17-8-14/h2-6,8,10-11,13H,7,9H2,1H3,(H,18,20)/t11-,13-/m0/s1. The summed E-state index contributed by atoms with van der Waals surface area (Å²) in [6.07, 6.45) is 4.03. The van der Waals surface area contributed by atoms with Gasteiger partial charge in [-0.1, -0.05) is 0 Å². The number of rotatable bonds is 2. The van der Waals surface area contributed by atoms with Gasteiger partial charge in [-0.05, 0) is 47.9 Å². The van der Waals surface area contributed by atoms with Crippen molar-refractivity contribution in [3.8, 4) is 0 Å². The number of carbonyl (C=O) groups is 2. The zero-order chi connectivity index (χ0) is 15.5. The van der Waals surface area contributed by atoms with Crippen LogP contribution in [0.5, 0.6) is 0 Å². The topological polar surface area (TPSA) is 62.3 Å². The fourth-order valence-corrected chi connectivity index (χ4v) is 3.56. The molecule has 2 aromatic rings. The van der Waals surface area contributed by atoms with Crippen molar-refractivity contribution >= 4 is 28.8 Å². The highest BCUT2D eigenvalue weighted by atomic mass is 32.1. The maximum Gasteiger partial charge on any atom is 0.313 e. The van der Waals surface area contributed by atoms with Crippen LogP contribution in [0, 0.1) is 0 Å². The van der Waals surface area contributed by atoms with Crippen LogP contribution < -0.4 is 5.32 Å². The molecule has 22 heavy (non-hydrogen) atoms. The van der Waals surface area contributed by atoms with Gasteiger partial charge in [0, 0.05) is 24.7 Å². The average molecular weight is 315 g/mol. The van der Waals surface area contributed by atoms with Gasteiger partial charge in [-0.3, -0.25) is 14.6 Å². The van der Waals surface area contributed by atoms with E-state index in [1.807, 2.05) is 12.3 Å². The number of hydrogen-bond donors (Lipinski definition) is 1. The van der Waals surface area contributed by atoms with E-state index in [2.05, 4.69) is 21.7 Å². The van der Waals surface area contributed by atoms with Crippen molar-refractivity contribution in [3.05, 3.63) is 46.9 Å². The number of hydrogen-bond acceptors (Lipinski definition) is 4. The SMILES string of the molecule is C[C@H]1C[C@H](c2ccsc2)CN1C(=O)C(=O)Nc1cccnc1. The summed E-state index contributed by atoms with van der Waals surface area (Å²) >= 11 is 1.66. The van der Waals surface area contributed by atoms with E-state index in [0.29, 0.717) is 18.2 Å². The first-order valence-electron chi connectivity index (χ1n) is 7.19. The molecule has 0 saturated carbocycles. The molecule has 3 rings (SSSR count). The molecule has 1 fully saturated rings. The molecule has 6 heteroatoms. The number of anilines is 1. The molecule has 0 unspecified atom stereocenters. The molecule has 0 aromatic carbocycles. The molecule has 0 aliphatic carbocycles. The Hall–Kier alpha value is -2.21. The Balaban J connectivity index is 1.66. The summed E-state index contributed by atoms with van der Waals surface area (Å²) in [6, 6.07) is 5.58. The Labute approximate surface area is 133 Å². The van der Waals surface area contributed by atoms with E-state index < -0.39 is 11.8 Å². The molecule has 5 nitrogen and oxygen atoms in total. The van der Waals surface area contributed by atoms with Gasteiger partial charge in [0.2, 0.25) is 0 Å². The highest BCUT2D eigenvalue weighted by molar-refractivity contribution is 7.08. The second-order valence-electron chi connectivity index (χ2n) is 5.49. The number of amides is 2. The van der Waals surface area contributed by atoms with Gasteiger partial charge < -0.3 is 10.2 Å². The Kier molecular flexibility index (Phi) is 4.20. The molecule has 1 aliphatic rings. The van der Waals surface area contributed by atoms with Crippen molar-refractivity contribution in [1.82, 2.24) is 9.88 Å². The van der Waals surface area contributed by atoms with Crippen LogP contribution in [-0.4, -0.2) is 34.3 Å². The molecule has 0 spiro atoms. The van der Waals surface area contributed by atoms with Gasteiger partial charge in [-0.2, -0.15) is 11.3 Å². The van der Waals surface area contributed by atoms with E-state index in [-0.39, 0.29) is 6.04 Å². The van der Waals surface area contributed by atoms with Crippen LogP contribution in [0.4, 0.5) is 5.69 Å². The molecule has 0 bridgehead atoms. The fourth-order valence-electron chi connectivity index (χ4n) is 2.81. The van der Waals surface area contributed by atoms with Crippen LogP contribution >= 0.6 is 11.3 Å². The van der Waals surface area contributed by atoms with Crippen LogP contribution in [0.2, 0.25) is 0 Å². The highest BCUT2D eigenvalue weighted by Gasteiger charge is 2.36. The van der Waals surface area contributed by atoms with Crippen LogP contribution in [0.25, 0.3) is 0 Å². The number of nitrogens with zero attached hydrogens (tertiary/aromatic N) is 2. The van der Waals surface area contributed by atoms with Crippen molar-refractivity contribution in [1.29, 1.82) is 0 Å². The van der Waals surface area contributed by atoms with E-state index in [4.69, 9.17) is 0 Å². The van der Waals surface area contributed by atoms with Gasteiger partial charge in [0.1, 0.15) is 0 Å². The molecule has 0 radical (unpaired) electrons. The van der Waals surface area contributed by atoms with E-state index >= 15 is 0 Å². The minimum Gasteiger partial charge on any atom is -0.331 e. The second kappa shape index (κ2) is 6.27. The van der Waals surface area contributed by atoms with Crippen LogP contribution in [0.3, 0.4) is 0 Å². The zero-order valence-electron chi connectivity index (χ0n) is 12.2. The molecule has 1 aliphatic heterocycles. The first kappa shape index (κ1) is 14.7. The summed E-state index contributed by atoms with van der Waals surface area (Å²) in [5, 5.41) is 6.75. The summed E-state index contributed by atoms with van der Waals surface area (Å²) in [5.41, 5.74) is 1.78. The third-order valence-electron chi connectivity index (χ3n) is 3.96. The third-order valence-corrected chi connectivity index (χ3v) is 4.67. The maximum absolute atomic E-state index is 12.4. The lowest BCUT2D eigenvalue weighted by Gasteiger charge is -2.20. The van der Waals surface area contributed by atoms with Crippen molar-refractivity contribution < 1.29 is 9.59 Å². The number of thiophene rings is 1. The molecule has 2 aromatic heterocycles. The smallest absolute Gasteiger partial charge is 0.313 e. The van der Waals surface area contributed by atoms with Gasteiger partial charge in [0.05, 0.1) is 11.9 Å².